The number of hydrogen-bond acceptors (Lipinski definition) is 2. The molecule has 0 saturated heterocycles. The van der Waals surface area contributed by atoms with Crippen molar-refractivity contribution in [3.05, 3.63) is 10.4 Å². The van der Waals surface area contributed by atoms with Gasteiger partial charge in [0.1, 0.15) is 0 Å². The van der Waals surface area contributed by atoms with E-state index in [1.165, 1.54) is 0 Å². The molecule has 0 aliphatic rings. The molecule has 0 bridgehead atoms. The van der Waals surface area contributed by atoms with Gasteiger partial charge in [0.25, 0.3) is 0 Å². The molecule has 1 aromatic rings. The maximum absolute atomic E-state index is 4.09. The Labute approximate surface area is 54.8 Å². The fourth-order valence-corrected chi connectivity index (χ4v) is 1.37. The van der Waals surface area contributed by atoms with Crippen LogP contribution in [0.3, 0.4) is 0 Å². The number of thiazole rings is 1. The van der Waals surface area contributed by atoms with Gasteiger partial charge in [-0.2, -0.15) is 0 Å². The molecule has 0 aliphatic heterocycles. The first-order chi connectivity index (χ1) is 3.29. The van der Waals surface area contributed by atoms with Gasteiger partial charge in [-0.3, -0.25) is 4.98 Å². The fourth-order valence-electron chi connectivity index (χ4n) is 0.380. The zero-order valence-electron chi connectivity index (χ0n) is 4.01. The summed E-state index contributed by atoms with van der Waals surface area (Å²) >= 11 is 4.22. The number of nitrogens with zero attached hydrogens (tertiary/aromatic N) is 1. The van der Waals surface area contributed by atoms with Crippen LogP contribution in [0.15, 0.2) is 5.38 Å². The molecule has 0 N–H and O–H groups in total. The first kappa shape index (κ1) is 5.30. The molecule has 3 heteroatoms. The normalized spacial score (nSPS) is 9.29. The van der Waals surface area contributed by atoms with Crippen molar-refractivity contribution in [2.75, 3.05) is 0 Å². The molecule has 1 nitrogen and oxygen atoms in total. The number of rotatable bonds is 0. The molecule has 0 fully saturated rings. The molecule has 1 heterocycles. The van der Waals surface area contributed by atoms with Gasteiger partial charge in [-0.05, 0) is 16.9 Å². The van der Waals surface area contributed by atoms with Crippen molar-refractivity contribution in [1.29, 1.82) is 0 Å². The largest absolute Gasteiger partial charge is 0.268 e. The van der Waals surface area contributed by atoms with Gasteiger partial charge in [-0.15, -0.1) is 11.3 Å². The van der Waals surface area contributed by atoms with E-state index in [0.29, 0.717) is 0 Å². The summed E-state index contributed by atoms with van der Waals surface area (Å²) in [6.45, 7) is 2.00. The summed E-state index contributed by atoms with van der Waals surface area (Å²) in [6.07, 6.45) is 0. The maximum Gasteiger partial charge on any atom is 0.211 e. The van der Waals surface area contributed by atoms with Crippen LogP contribution in [-0.2, 0) is 0 Å². The average molecular weight is 125 g/mol. The Bertz CT molecular complexity index is 144. The second kappa shape index (κ2) is 1.96. The monoisotopic (exact) mass is 125 g/mol. The third kappa shape index (κ3) is 1.27. The summed E-state index contributed by atoms with van der Waals surface area (Å²) in [4.78, 5) is 4.09. The van der Waals surface area contributed by atoms with Gasteiger partial charge >= 0.3 is 0 Å². The summed E-state index contributed by atoms with van der Waals surface area (Å²) in [5, 5.41) is 3.14. The number of aryl methyl sites for hydroxylation is 1. The Morgan fingerprint density at radius 3 is 2.71 bits per heavy atom. The van der Waals surface area contributed by atoms with E-state index >= 15 is 0 Å². The SMILES string of the molecule is Cc1n[c]([Al])cs1. The highest BCUT2D eigenvalue weighted by Crippen LogP contribution is 1.96. The van der Waals surface area contributed by atoms with Gasteiger partial charge in [0.15, 0.2) is 0 Å². The molecule has 2 radical (unpaired) electrons. The lowest BCUT2D eigenvalue weighted by Crippen LogP contribution is -2.00. The van der Waals surface area contributed by atoms with Gasteiger partial charge in [0, 0.05) is 0 Å². The van der Waals surface area contributed by atoms with Crippen molar-refractivity contribution < 1.29 is 0 Å². The van der Waals surface area contributed by atoms with Crippen molar-refractivity contribution in [2.45, 2.75) is 6.92 Å². The summed E-state index contributed by atoms with van der Waals surface area (Å²) in [6, 6.07) is 0. The van der Waals surface area contributed by atoms with Crippen LogP contribution in [-0.4, -0.2) is 21.3 Å². The minimum atomic E-state index is 1.04. The van der Waals surface area contributed by atoms with E-state index < -0.39 is 0 Å². The van der Waals surface area contributed by atoms with Gasteiger partial charge in [-0.25, -0.2) is 0 Å². The van der Waals surface area contributed by atoms with E-state index in [2.05, 4.69) is 21.3 Å². The van der Waals surface area contributed by atoms with E-state index in [0.717, 1.165) is 9.56 Å². The minimum Gasteiger partial charge on any atom is -0.268 e. The van der Waals surface area contributed by atoms with Crippen molar-refractivity contribution in [2.24, 2.45) is 0 Å². The predicted octanol–water partition coefficient (Wildman–Crippen LogP) is 0.245. The van der Waals surface area contributed by atoms with Gasteiger partial charge in [0.05, 0.1) is 5.01 Å². The lowest BCUT2D eigenvalue weighted by molar-refractivity contribution is 1.34. The second-order valence-electron chi connectivity index (χ2n) is 1.29. The highest BCUT2D eigenvalue weighted by atomic mass is 32.1. The smallest absolute Gasteiger partial charge is 0.211 e. The van der Waals surface area contributed by atoms with Crippen molar-refractivity contribution in [1.82, 2.24) is 4.98 Å². The third-order valence-corrected chi connectivity index (χ3v) is 1.97. The molecular weight excluding hydrogens is 121 g/mol. The van der Waals surface area contributed by atoms with Crippen LogP contribution >= 0.6 is 11.3 Å². The number of hydrogen-bond donors (Lipinski definition) is 0. The fraction of sp³-hybridized carbons (Fsp3) is 0.250. The lowest BCUT2D eigenvalue weighted by atomic mass is 10.8. The quantitative estimate of drug-likeness (QED) is 0.453. The van der Waals surface area contributed by atoms with Gasteiger partial charge in [-0.1, -0.05) is 0 Å². The van der Waals surface area contributed by atoms with Crippen LogP contribution in [0.25, 0.3) is 0 Å². The van der Waals surface area contributed by atoms with Gasteiger partial charge < -0.3 is 0 Å². The molecule has 34 valence electrons. The van der Waals surface area contributed by atoms with Crippen LogP contribution in [0.1, 0.15) is 5.01 Å². The van der Waals surface area contributed by atoms with E-state index in [9.17, 15) is 0 Å². The molecule has 0 spiro atoms. The Kier molecular flexibility index (Phi) is 1.48. The summed E-state index contributed by atoms with van der Waals surface area (Å²) < 4.78 is 1.04. The van der Waals surface area contributed by atoms with E-state index in [1.807, 2.05) is 12.3 Å². The van der Waals surface area contributed by atoms with Crippen molar-refractivity contribution in [3.8, 4) is 0 Å². The van der Waals surface area contributed by atoms with Crippen LogP contribution < -0.4 is 4.56 Å². The Morgan fingerprint density at radius 1 is 1.86 bits per heavy atom. The third-order valence-electron chi connectivity index (χ3n) is 0.637. The first-order valence-electron chi connectivity index (χ1n) is 1.96. The first-order valence-corrected chi connectivity index (χ1v) is 3.42. The Balaban J connectivity index is 3.04. The topological polar surface area (TPSA) is 12.9 Å². The Hall–Kier alpha value is 0.162. The molecule has 1 rings (SSSR count). The van der Waals surface area contributed by atoms with Crippen LogP contribution in [0.2, 0.25) is 0 Å². The van der Waals surface area contributed by atoms with E-state index in [1.54, 1.807) is 11.3 Å². The summed E-state index contributed by atoms with van der Waals surface area (Å²) in [5.41, 5.74) is 0. The molecule has 0 saturated carbocycles. The van der Waals surface area contributed by atoms with Gasteiger partial charge in [0.2, 0.25) is 16.3 Å². The van der Waals surface area contributed by atoms with Crippen molar-refractivity contribution >= 4 is 32.2 Å². The zero-order valence-corrected chi connectivity index (χ0v) is 5.98. The molecule has 7 heavy (non-hydrogen) atoms. The summed E-state index contributed by atoms with van der Waals surface area (Å²) in [5.74, 6) is 0. The summed E-state index contributed by atoms with van der Waals surface area (Å²) in [7, 11) is 0. The molecule has 0 unspecified atom stereocenters. The highest BCUT2D eigenvalue weighted by molar-refractivity contribution is 7.10. The molecular formula is C4H4AlNS. The van der Waals surface area contributed by atoms with Crippen LogP contribution in [0, 0.1) is 6.92 Å². The Morgan fingerprint density at radius 2 is 2.57 bits per heavy atom. The second-order valence-corrected chi connectivity index (χ2v) is 2.95. The molecule has 0 aromatic carbocycles. The number of aromatic nitrogens is 1. The maximum atomic E-state index is 4.09. The minimum absolute atomic E-state index is 1.04. The van der Waals surface area contributed by atoms with Crippen molar-refractivity contribution in [3.63, 3.8) is 0 Å². The molecule has 1 aromatic heterocycles. The highest BCUT2D eigenvalue weighted by Gasteiger charge is 1.84. The standard InChI is InChI=1S/C4H4NS.Al/c1-4-5-2-3-6-4;/h3H,1H3;. The van der Waals surface area contributed by atoms with Crippen LogP contribution in [0.5, 0.6) is 0 Å². The molecule has 0 aliphatic carbocycles. The predicted molar refractivity (Wildman–Crippen MR) is 32.2 cm³/mol. The lowest BCUT2D eigenvalue weighted by Gasteiger charge is -1.72. The van der Waals surface area contributed by atoms with Crippen LogP contribution in [0.4, 0.5) is 0 Å². The van der Waals surface area contributed by atoms with E-state index in [-0.39, 0.29) is 0 Å². The molecule has 0 atom stereocenters. The average Bonchev–Trinajstić information content (AvgIpc) is 1.87. The van der Waals surface area contributed by atoms with E-state index in [4.69, 9.17) is 0 Å². The molecule has 0 amide bonds. The zero-order chi connectivity index (χ0) is 5.28.